The van der Waals surface area contributed by atoms with Crippen LogP contribution in [-0.2, 0) is 40.5 Å². The van der Waals surface area contributed by atoms with Crippen molar-refractivity contribution in [1.29, 1.82) is 0 Å². The molecule has 0 aliphatic carbocycles. The van der Waals surface area contributed by atoms with E-state index in [1.54, 1.807) is 61.1 Å². The average Bonchev–Trinajstić information content (AvgIpc) is 3.99. The number of methoxy groups -OCH3 is 2. The maximum atomic E-state index is 14.3. The Labute approximate surface area is 460 Å². The van der Waals surface area contributed by atoms with Gasteiger partial charge in [-0.1, -0.05) is 63.1 Å². The molecule has 0 aromatic heterocycles. The molecule has 9 rings (SSSR count). The minimum Gasteiger partial charge on any atom is -0.493 e. The molecule has 0 saturated carbocycles. The van der Waals surface area contributed by atoms with Gasteiger partial charge in [0.25, 0.3) is 11.8 Å². The number of likely N-dealkylation sites (N-methyl/N-ethyl adjacent to an activating group) is 2. The fourth-order valence-electron chi connectivity index (χ4n) is 10.7. The first-order valence-electron chi connectivity index (χ1n) is 26.5. The molecule has 4 aliphatic heterocycles. The molecule has 5 aromatic carbocycles. The predicted molar refractivity (Wildman–Crippen MR) is 309 cm³/mol. The molecule has 0 bridgehead atoms. The predicted octanol–water partition coefficient (Wildman–Crippen LogP) is 11.3. The fourth-order valence-corrected chi connectivity index (χ4v) is 13.4. The number of ether oxygens (including phenoxy) is 4. The van der Waals surface area contributed by atoms with Gasteiger partial charge in [0.2, 0.25) is 5.91 Å². The smallest absolute Gasteiger partial charge is 0.260 e. The van der Waals surface area contributed by atoms with E-state index in [1.165, 1.54) is 0 Å². The summed E-state index contributed by atoms with van der Waals surface area (Å²) >= 11 is 0. The number of benzene rings is 5. The van der Waals surface area contributed by atoms with Crippen molar-refractivity contribution in [2.45, 2.75) is 109 Å². The Morgan fingerprint density at radius 3 is 1.75 bits per heavy atom. The molecule has 406 valence electrons. The quantitative estimate of drug-likeness (QED) is 0.0270. The van der Waals surface area contributed by atoms with E-state index >= 15 is 0 Å². The molecule has 0 saturated heterocycles. The van der Waals surface area contributed by atoms with Gasteiger partial charge in [-0.2, -0.15) is 0 Å². The van der Waals surface area contributed by atoms with Crippen LogP contribution in [0.4, 0.5) is 28.4 Å². The first-order valence-corrected chi connectivity index (χ1v) is 28.9. The summed E-state index contributed by atoms with van der Waals surface area (Å²) in [4.78, 5) is 68.0. The Kier molecular flexibility index (Phi) is 17.6. The summed E-state index contributed by atoms with van der Waals surface area (Å²) in [7, 11) is 10.6. The fraction of sp³-hybridized carbons (Fsp3) is 0.417. The van der Waals surface area contributed by atoms with Crippen LogP contribution in [0.2, 0.25) is 0 Å². The van der Waals surface area contributed by atoms with Gasteiger partial charge in [0, 0.05) is 92.4 Å². The summed E-state index contributed by atoms with van der Waals surface area (Å²) in [5, 5.41) is 6.90. The van der Waals surface area contributed by atoms with E-state index < -0.39 is 0 Å². The molecule has 2 atom stereocenters. The summed E-state index contributed by atoms with van der Waals surface area (Å²) in [5.74, 6) is 2.64. The lowest BCUT2D eigenvalue weighted by Gasteiger charge is -2.25. The molecule has 77 heavy (non-hydrogen) atoms. The Hall–Kier alpha value is -6.85. The molecular formula is C60H70N6O9S2. The second-order valence-electron chi connectivity index (χ2n) is 20.7. The number of carbonyl (C=O) groups is 4. The molecule has 15 nitrogen and oxygen atoms in total. The van der Waals surface area contributed by atoms with Crippen LogP contribution in [0.15, 0.2) is 96.2 Å². The highest BCUT2D eigenvalue weighted by Gasteiger charge is 2.41. The highest BCUT2D eigenvalue weighted by molar-refractivity contribution is 8.77. The zero-order valence-corrected chi connectivity index (χ0v) is 46.9. The van der Waals surface area contributed by atoms with Gasteiger partial charge in [-0.25, -0.2) is 0 Å². The molecular weight excluding hydrogens is 1010 g/mol. The Balaban J connectivity index is 0.898. The van der Waals surface area contributed by atoms with Crippen molar-refractivity contribution in [3.05, 3.63) is 124 Å². The minimum absolute atomic E-state index is 0.0124. The summed E-state index contributed by atoms with van der Waals surface area (Å²) in [6.45, 7) is 8.11. The number of amides is 3. The lowest BCUT2D eigenvalue weighted by Crippen LogP contribution is -2.41. The third-order valence-corrected chi connectivity index (χ3v) is 18.0. The van der Waals surface area contributed by atoms with Gasteiger partial charge in [-0.3, -0.25) is 19.2 Å². The molecule has 4 heterocycles. The van der Waals surface area contributed by atoms with Gasteiger partial charge < -0.3 is 48.7 Å². The number of hydrogen-bond donors (Lipinski definition) is 1. The molecule has 4 aliphatic rings. The van der Waals surface area contributed by atoms with E-state index in [-0.39, 0.29) is 53.5 Å². The first-order chi connectivity index (χ1) is 37.2. The van der Waals surface area contributed by atoms with Crippen LogP contribution in [0.5, 0.6) is 23.0 Å². The number of para-hydroxylation sites is 2. The molecule has 17 heteroatoms. The van der Waals surface area contributed by atoms with Gasteiger partial charge in [-0.05, 0) is 124 Å². The van der Waals surface area contributed by atoms with Crippen LogP contribution in [0.25, 0.3) is 0 Å². The largest absolute Gasteiger partial charge is 0.493 e. The second kappa shape index (κ2) is 24.6. The number of nitrogens with zero attached hydrogens (tertiary/aromatic N) is 5. The number of rotatable bonds is 24. The first kappa shape index (κ1) is 54.9. The van der Waals surface area contributed by atoms with Crippen molar-refractivity contribution >= 4 is 79.7 Å². The summed E-state index contributed by atoms with van der Waals surface area (Å²) in [5.41, 5.74) is 8.89. The van der Waals surface area contributed by atoms with Crippen molar-refractivity contribution in [3.8, 4) is 23.0 Å². The third-order valence-electron chi connectivity index (χ3n) is 14.6. The summed E-state index contributed by atoms with van der Waals surface area (Å²) in [6.07, 6.45) is 7.62. The van der Waals surface area contributed by atoms with Gasteiger partial charge >= 0.3 is 0 Å². The van der Waals surface area contributed by atoms with Crippen molar-refractivity contribution in [1.82, 2.24) is 0 Å². The number of unbranched alkanes of at least 4 members (excludes halogenated alkanes) is 1. The Bertz CT molecular complexity index is 2860. The monoisotopic (exact) mass is 1080 g/mol. The van der Waals surface area contributed by atoms with Crippen molar-refractivity contribution < 1.29 is 43.0 Å². The third kappa shape index (κ3) is 12.8. The number of nitrogens with one attached hydrogen (secondary N) is 1. The summed E-state index contributed by atoms with van der Waals surface area (Å²) < 4.78 is 24.8. The van der Waals surface area contributed by atoms with E-state index in [1.807, 2.05) is 90.6 Å². The topological polar surface area (TPSA) is 152 Å². The maximum Gasteiger partial charge on any atom is 0.260 e. The molecule has 1 N–H and O–H groups in total. The van der Waals surface area contributed by atoms with Gasteiger partial charge in [-0.15, -0.1) is 0 Å². The highest BCUT2D eigenvalue weighted by Crippen LogP contribution is 2.45. The lowest BCUT2D eigenvalue weighted by molar-refractivity contribution is -0.119. The average molecular weight is 1080 g/mol. The molecule has 0 fully saturated rings. The summed E-state index contributed by atoms with van der Waals surface area (Å²) in [6, 6.07) is 29.2. The number of anilines is 5. The van der Waals surface area contributed by atoms with E-state index in [9.17, 15) is 19.2 Å². The van der Waals surface area contributed by atoms with Crippen LogP contribution < -0.4 is 43.9 Å². The standard InChI is InChI=1S/C60H70N6O9S2/c1-8-61-75-24-14-13-18-46(67)19-15-25-76-77-60(2,3)23-22-57(68)62-43-27-39(37-73-55-33-51-47(31-53(55)71-6)58(69)65-44(35-63(51)4)29-41-16-9-11-20-49(41)65)26-40(28-43)38-74-56-34-52-48(32-54(56)72-7)59(70)66-45(36-64(52)5)30-42-17-10-12-21-50(42)66/h8-12,16-17,20-21,26-28,31-34,44-45H,13-15,18-19,22-25,29-30,35-38H2,1-7H3,(H,62,68)/t44-,45-/m0/s1. The molecule has 0 radical (unpaired) electrons. The van der Waals surface area contributed by atoms with Gasteiger partial charge in [0.1, 0.15) is 25.6 Å². The Morgan fingerprint density at radius 1 is 0.688 bits per heavy atom. The second-order valence-corrected chi connectivity index (χ2v) is 23.9. The lowest BCUT2D eigenvalue weighted by atomic mass is 10.1. The maximum absolute atomic E-state index is 14.3. The molecule has 0 unspecified atom stereocenters. The number of oxime groups is 1. The SMILES string of the molecule is CC=NOCCCCC(=O)CCCSSC(C)(C)CCC(=O)Nc1cc(COc2cc3c(cc2OC)C(=O)N2c4ccccc4C[C@H]2CN3C)cc(COc2cc3c(cc2OC)C(=O)N2c4ccccc4C[C@H]2CN3C)c1. The van der Waals surface area contributed by atoms with Gasteiger partial charge in [0.05, 0.1) is 48.8 Å². The van der Waals surface area contributed by atoms with E-state index in [2.05, 4.69) is 46.3 Å². The van der Waals surface area contributed by atoms with Crippen LogP contribution in [0.1, 0.15) is 109 Å². The molecule has 5 aromatic rings. The number of hydrogen-bond acceptors (Lipinski definition) is 14. The normalized spacial score (nSPS) is 16.5. The van der Waals surface area contributed by atoms with E-state index in [0.29, 0.717) is 85.2 Å². The highest BCUT2D eigenvalue weighted by atomic mass is 33.1. The molecule has 0 spiro atoms. The molecule has 3 amide bonds. The van der Waals surface area contributed by atoms with Crippen LogP contribution in [-0.4, -0.2) is 100 Å². The Morgan fingerprint density at radius 2 is 1.22 bits per heavy atom. The number of ketones is 1. The van der Waals surface area contributed by atoms with Crippen molar-refractivity contribution in [2.75, 3.05) is 78.7 Å². The number of fused-ring (bicyclic) bond motifs is 8. The number of Topliss-reactive ketones (excluding diaryl/α,β-unsaturated/α-hetero) is 1. The van der Waals surface area contributed by atoms with Crippen LogP contribution >= 0.6 is 21.6 Å². The van der Waals surface area contributed by atoms with Crippen molar-refractivity contribution in [2.24, 2.45) is 5.16 Å². The van der Waals surface area contributed by atoms with E-state index in [4.69, 9.17) is 23.8 Å². The van der Waals surface area contributed by atoms with Crippen LogP contribution in [0, 0.1) is 0 Å². The van der Waals surface area contributed by atoms with Gasteiger partial charge in [0.15, 0.2) is 23.0 Å². The van der Waals surface area contributed by atoms with Crippen LogP contribution in [0.3, 0.4) is 0 Å². The zero-order chi connectivity index (χ0) is 54.2. The van der Waals surface area contributed by atoms with E-state index in [0.717, 1.165) is 82.9 Å². The number of carbonyl (C=O) groups excluding carboxylic acids is 4. The minimum atomic E-state index is -0.194. The van der Waals surface area contributed by atoms with Crippen molar-refractivity contribution in [3.63, 3.8) is 0 Å². The zero-order valence-electron chi connectivity index (χ0n) is 45.2.